The number of amides is 1. The molecule has 0 aliphatic heterocycles. The smallest absolute Gasteiger partial charge is 0.420 e. The second-order valence-corrected chi connectivity index (χ2v) is 7.88. The van der Waals surface area contributed by atoms with E-state index in [2.05, 4.69) is 4.99 Å². The number of methoxy groups -OCH3 is 1. The molecule has 1 amide bonds. The highest BCUT2D eigenvalue weighted by molar-refractivity contribution is 7.16. The van der Waals surface area contributed by atoms with E-state index in [9.17, 15) is 14.4 Å². The second kappa shape index (κ2) is 7.75. The number of thiazole rings is 1. The molecule has 4 aromatic rings. The summed E-state index contributed by atoms with van der Waals surface area (Å²) in [5.74, 6) is -1.59. The Hall–Kier alpha value is -3.46. The lowest BCUT2D eigenvalue weighted by atomic mass is 10.1. The average Bonchev–Trinajstić information content (AvgIpc) is 3.20. The van der Waals surface area contributed by atoms with Gasteiger partial charge in [-0.05, 0) is 43.2 Å². The molecule has 0 N–H and O–H groups in total. The lowest BCUT2D eigenvalue weighted by Crippen LogP contribution is -2.24. The molecule has 0 radical (unpaired) electrons. The second-order valence-electron chi connectivity index (χ2n) is 6.90. The van der Waals surface area contributed by atoms with Crippen molar-refractivity contribution in [2.45, 2.75) is 26.9 Å². The molecule has 0 saturated heterocycles. The first-order chi connectivity index (χ1) is 14.4. The van der Waals surface area contributed by atoms with Crippen molar-refractivity contribution in [1.82, 2.24) is 9.13 Å². The molecule has 0 saturated carbocycles. The summed E-state index contributed by atoms with van der Waals surface area (Å²) >= 11 is 1.32. The lowest BCUT2D eigenvalue weighted by Gasteiger charge is -2.05. The Kier molecular flexibility index (Phi) is 5.13. The van der Waals surface area contributed by atoms with Crippen LogP contribution in [-0.4, -0.2) is 28.1 Å². The van der Waals surface area contributed by atoms with Gasteiger partial charge in [0, 0.05) is 0 Å². The standard InChI is InChI=1S/C21H19N3O5S/c1-12-8-13(2)19-15(9-12)23(11-18(26)28-3)20(30-19)22-17(25)10-24-14-6-4-5-7-16(14)29-21(24)27/h4-9H,10-11H2,1-3H3. The third-order valence-corrected chi connectivity index (χ3v) is 5.95. The van der Waals surface area contributed by atoms with Crippen molar-refractivity contribution in [2.75, 3.05) is 7.11 Å². The van der Waals surface area contributed by atoms with Gasteiger partial charge in [-0.2, -0.15) is 4.99 Å². The van der Waals surface area contributed by atoms with E-state index in [1.807, 2.05) is 26.0 Å². The fourth-order valence-corrected chi connectivity index (χ4v) is 4.48. The number of nitrogens with zero attached hydrogens (tertiary/aromatic N) is 3. The molecule has 154 valence electrons. The Morgan fingerprint density at radius 3 is 2.63 bits per heavy atom. The Morgan fingerprint density at radius 1 is 1.10 bits per heavy atom. The minimum absolute atomic E-state index is 0.0693. The third-order valence-electron chi connectivity index (χ3n) is 4.72. The molecule has 9 heteroatoms. The summed E-state index contributed by atoms with van der Waals surface area (Å²) in [6.45, 7) is 3.60. The van der Waals surface area contributed by atoms with Crippen LogP contribution in [0.4, 0.5) is 0 Å². The summed E-state index contributed by atoms with van der Waals surface area (Å²) in [5.41, 5.74) is 3.80. The van der Waals surface area contributed by atoms with Crippen molar-refractivity contribution < 1.29 is 18.7 Å². The Balaban J connectivity index is 1.81. The number of fused-ring (bicyclic) bond motifs is 2. The van der Waals surface area contributed by atoms with Crippen molar-refractivity contribution >= 4 is 44.5 Å². The van der Waals surface area contributed by atoms with Gasteiger partial charge in [-0.25, -0.2) is 4.79 Å². The number of carbonyl (C=O) groups excluding carboxylic acids is 2. The number of ether oxygens (including phenoxy) is 1. The van der Waals surface area contributed by atoms with E-state index in [-0.39, 0.29) is 13.1 Å². The molecular weight excluding hydrogens is 406 g/mol. The van der Waals surface area contributed by atoms with E-state index in [4.69, 9.17) is 9.15 Å². The van der Waals surface area contributed by atoms with Crippen LogP contribution in [0, 0.1) is 13.8 Å². The SMILES string of the molecule is COC(=O)Cn1c(=NC(=O)Cn2c(=O)oc3ccccc32)sc2c(C)cc(C)cc21. The lowest BCUT2D eigenvalue weighted by molar-refractivity contribution is -0.141. The number of hydrogen-bond acceptors (Lipinski definition) is 6. The van der Waals surface area contributed by atoms with Crippen LogP contribution in [0.5, 0.6) is 0 Å². The maximum Gasteiger partial charge on any atom is 0.420 e. The van der Waals surface area contributed by atoms with E-state index in [1.54, 1.807) is 28.8 Å². The van der Waals surface area contributed by atoms with Crippen molar-refractivity contribution in [3.05, 3.63) is 62.9 Å². The maximum atomic E-state index is 12.7. The topological polar surface area (TPSA) is 95.8 Å². The molecule has 2 heterocycles. The van der Waals surface area contributed by atoms with Crippen molar-refractivity contribution in [2.24, 2.45) is 4.99 Å². The van der Waals surface area contributed by atoms with Crippen LogP contribution < -0.4 is 10.6 Å². The van der Waals surface area contributed by atoms with Gasteiger partial charge in [0.2, 0.25) is 0 Å². The molecule has 0 fully saturated rings. The number of oxazole rings is 1. The quantitative estimate of drug-likeness (QED) is 0.468. The van der Waals surface area contributed by atoms with Crippen LogP contribution in [0.25, 0.3) is 21.3 Å². The van der Waals surface area contributed by atoms with Crippen molar-refractivity contribution in [3.8, 4) is 0 Å². The van der Waals surface area contributed by atoms with E-state index in [0.29, 0.717) is 15.9 Å². The number of aryl methyl sites for hydroxylation is 2. The zero-order valence-electron chi connectivity index (χ0n) is 16.7. The number of rotatable bonds is 4. The Bertz CT molecular complexity index is 1420. The molecule has 0 aliphatic rings. The predicted molar refractivity (Wildman–Crippen MR) is 112 cm³/mol. The van der Waals surface area contributed by atoms with Gasteiger partial charge in [0.25, 0.3) is 5.91 Å². The van der Waals surface area contributed by atoms with Crippen molar-refractivity contribution in [1.29, 1.82) is 0 Å². The van der Waals surface area contributed by atoms with Crippen LogP contribution in [0.1, 0.15) is 11.1 Å². The molecule has 30 heavy (non-hydrogen) atoms. The number of carbonyl (C=O) groups is 2. The van der Waals surface area contributed by atoms with Gasteiger partial charge < -0.3 is 13.7 Å². The Labute approximate surface area is 174 Å². The largest absolute Gasteiger partial charge is 0.468 e. The number of aromatic nitrogens is 2. The highest BCUT2D eigenvalue weighted by Gasteiger charge is 2.15. The molecule has 0 unspecified atom stereocenters. The fourth-order valence-electron chi connectivity index (χ4n) is 3.39. The zero-order valence-corrected chi connectivity index (χ0v) is 17.5. The van der Waals surface area contributed by atoms with Crippen LogP contribution in [0.2, 0.25) is 0 Å². The average molecular weight is 425 g/mol. The molecule has 2 aromatic carbocycles. The monoisotopic (exact) mass is 425 g/mol. The fraction of sp³-hybridized carbons (Fsp3) is 0.238. The normalized spacial score (nSPS) is 12.0. The molecule has 0 bridgehead atoms. The summed E-state index contributed by atoms with van der Waals surface area (Å²) in [7, 11) is 1.31. The molecule has 8 nitrogen and oxygen atoms in total. The summed E-state index contributed by atoms with van der Waals surface area (Å²) in [6.07, 6.45) is 0. The van der Waals surface area contributed by atoms with Crippen LogP contribution in [-0.2, 0) is 27.4 Å². The highest BCUT2D eigenvalue weighted by Crippen LogP contribution is 2.23. The van der Waals surface area contributed by atoms with Crippen LogP contribution in [0.15, 0.2) is 50.6 Å². The van der Waals surface area contributed by atoms with Gasteiger partial charge in [-0.3, -0.25) is 14.2 Å². The van der Waals surface area contributed by atoms with E-state index in [0.717, 1.165) is 21.3 Å². The van der Waals surface area contributed by atoms with Crippen LogP contribution in [0.3, 0.4) is 0 Å². The van der Waals surface area contributed by atoms with Gasteiger partial charge >= 0.3 is 11.7 Å². The first-order valence-electron chi connectivity index (χ1n) is 9.20. The number of benzene rings is 2. The van der Waals surface area contributed by atoms with Gasteiger partial charge in [0.15, 0.2) is 10.4 Å². The highest BCUT2D eigenvalue weighted by atomic mass is 32.1. The number of para-hydroxylation sites is 2. The third kappa shape index (κ3) is 3.59. The van der Waals surface area contributed by atoms with Crippen molar-refractivity contribution in [3.63, 3.8) is 0 Å². The molecule has 0 aliphatic carbocycles. The van der Waals surface area contributed by atoms with Gasteiger partial charge in [-0.1, -0.05) is 29.5 Å². The summed E-state index contributed by atoms with van der Waals surface area (Å²) in [6, 6.07) is 10.9. The minimum Gasteiger partial charge on any atom is -0.468 e. The van der Waals surface area contributed by atoms with Gasteiger partial charge in [0.1, 0.15) is 13.1 Å². The molecule has 2 aromatic heterocycles. The zero-order chi connectivity index (χ0) is 21.4. The molecular formula is C21H19N3O5S. The maximum absolute atomic E-state index is 12.7. The first-order valence-corrected chi connectivity index (χ1v) is 10.0. The molecule has 0 atom stereocenters. The summed E-state index contributed by atoms with van der Waals surface area (Å²) in [4.78, 5) is 41.4. The van der Waals surface area contributed by atoms with Crippen LogP contribution >= 0.6 is 11.3 Å². The molecule has 4 rings (SSSR count). The summed E-state index contributed by atoms with van der Waals surface area (Å²) < 4.78 is 13.8. The van der Waals surface area contributed by atoms with Gasteiger partial charge in [0.05, 0.1) is 22.8 Å². The summed E-state index contributed by atoms with van der Waals surface area (Å²) in [5, 5.41) is 0. The van der Waals surface area contributed by atoms with Gasteiger partial charge in [-0.15, -0.1) is 0 Å². The number of esters is 1. The van der Waals surface area contributed by atoms with E-state index < -0.39 is 17.6 Å². The number of hydrogen-bond donors (Lipinski definition) is 0. The Morgan fingerprint density at radius 2 is 1.87 bits per heavy atom. The predicted octanol–water partition coefficient (Wildman–Crippen LogP) is 2.53. The molecule has 0 spiro atoms. The minimum atomic E-state index is -0.620. The first kappa shape index (κ1) is 19.8. The van der Waals surface area contributed by atoms with E-state index in [1.165, 1.54) is 23.0 Å². The van der Waals surface area contributed by atoms with E-state index >= 15 is 0 Å².